The summed E-state index contributed by atoms with van der Waals surface area (Å²) in [6.45, 7) is 0.601. The van der Waals surface area contributed by atoms with Crippen LogP contribution in [0.3, 0.4) is 0 Å². The number of hydrogen-bond acceptors (Lipinski definition) is 2. The molecule has 0 aliphatic carbocycles. The molecular weight excluding hydrogens is 200 g/mol. The van der Waals surface area contributed by atoms with E-state index in [1.54, 1.807) is 4.90 Å². The Bertz CT molecular complexity index is 386. The van der Waals surface area contributed by atoms with Crippen molar-refractivity contribution < 1.29 is 4.79 Å². The van der Waals surface area contributed by atoms with Crippen LogP contribution in [0, 0.1) is 0 Å². The molecule has 84 valence electrons. The van der Waals surface area contributed by atoms with Gasteiger partial charge in [0, 0.05) is 6.20 Å². The molecule has 0 saturated carbocycles. The molecule has 1 aliphatic heterocycles. The number of allylic oxidation sites excluding steroid dienone is 1. The van der Waals surface area contributed by atoms with Crippen LogP contribution in [-0.2, 0) is 11.3 Å². The van der Waals surface area contributed by atoms with Crippen LogP contribution in [0.25, 0.3) is 0 Å². The van der Waals surface area contributed by atoms with Crippen LogP contribution in [0.1, 0.15) is 18.4 Å². The summed E-state index contributed by atoms with van der Waals surface area (Å²) < 4.78 is 0. The Balaban J connectivity index is 2.11. The Morgan fingerprint density at radius 2 is 2.06 bits per heavy atom. The summed E-state index contributed by atoms with van der Waals surface area (Å²) >= 11 is 0. The fraction of sp³-hybridized carbons (Fsp3) is 0.308. The molecule has 1 amide bonds. The molecule has 0 saturated heterocycles. The highest BCUT2D eigenvalue weighted by atomic mass is 16.2. The summed E-state index contributed by atoms with van der Waals surface area (Å²) in [7, 11) is 0. The smallest absolute Gasteiger partial charge is 0.243 e. The molecule has 0 unspecified atom stereocenters. The molecule has 2 rings (SSSR count). The molecule has 16 heavy (non-hydrogen) atoms. The second-order valence-corrected chi connectivity index (χ2v) is 4.02. The molecule has 1 aliphatic rings. The zero-order valence-corrected chi connectivity index (χ0v) is 9.17. The van der Waals surface area contributed by atoms with Gasteiger partial charge >= 0.3 is 0 Å². The molecule has 0 radical (unpaired) electrons. The molecule has 0 spiro atoms. The van der Waals surface area contributed by atoms with Gasteiger partial charge in [0.1, 0.15) is 0 Å². The van der Waals surface area contributed by atoms with Crippen LogP contribution in [0.5, 0.6) is 0 Å². The fourth-order valence-corrected chi connectivity index (χ4v) is 1.80. The van der Waals surface area contributed by atoms with E-state index in [9.17, 15) is 4.79 Å². The number of benzene rings is 1. The van der Waals surface area contributed by atoms with Crippen LogP contribution >= 0.6 is 0 Å². The predicted octanol–water partition coefficient (Wildman–Crippen LogP) is 1.65. The van der Waals surface area contributed by atoms with Gasteiger partial charge in [-0.15, -0.1) is 0 Å². The third kappa shape index (κ3) is 2.49. The molecule has 1 atom stereocenters. The van der Waals surface area contributed by atoms with E-state index < -0.39 is 0 Å². The first kappa shape index (κ1) is 10.9. The molecule has 2 N–H and O–H groups in total. The Hall–Kier alpha value is -1.61. The van der Waals surface area contributed by atoms with Gasteiger partial charge in [-0.2, -0.15) is 0 Å². The monoisotopic (exact) mass is 216 g/mol. The first-order valence-corrected chi connectivity index (χ1v) is 5.54. The van der Waals surface area contributed by atoms with Gasteiger partial charge in [-0.05, 0) is 18.4 Å². The SMILES string of the molecule is N[C@H]1CCC=CN(Cc2ccccc2)C1=O. The lowest BCUT2D eigenvalue weighted by molar-refractivity contribution is -0.130. The average molecular weight is 216 g/mol. The number of amides is 1. The summed E-state index contributed by atoms with van der Waals surface area (Å²) in [6, 6.07) is 9.58. The molecule has 1 aromatic rings. The molecule has 1 aromatic carbocycles. The van der Waals surface area contributed by atoms with Crippen LogP contribution < -0.4 is 5.73 Å². The summed E-state index contributed by atoms with van der Waals surface area (Å²) in [5.41, 5.74) is 6.91. The highest BCUT2D eigenvalue weighted by Gasteiger charge is 2.20. The van der Waals surface area contributed by atoms with Gasteiger partial charge in [-0.25, -0.2) is 0 Å². The number of carbonyl (C=O) groups is 1. The minimum Gasteiger partial charge on any atom is -0.320 e. The zero-order chi connectivity index (χ0) is 11.4. The molecule has 0 fully saturated rings. The van der Waals surface area contributed by atoms with Crippen molar-refractivity contribution >= 4 is 5.91 Å². The van der Waals surface area contributed by atoms with E-state index in [0.29, 0.717) is 6.54 Å². The topological polar surface area (TPSA) is 46.3 Å². The number of nitrogens with zero attached hydrogens (tertiary/aromatic N) is 1. The maximum Gasteiger partial charge on any atom is 0.243 e. The van der Waals surface area contributed by atoms with Gasteiger partial charge in [0.25, 0.3) is 0 Å². The van der Waals surface area contributed by atoms with E-state index in [0.717, 1.165) is 18.4 Å². The quantitative estimate of drug-likeness (QED) is 0.817. The third-order valence-electron chi connectivity index (χ3n) is 2.73. The molecule has 1 heterocycles. The van der Waals surface area contributed by atoms with Gasteiger partial charge in [0.05, 0.1) is 12.6 Å². The van der Waals surface area contributed by atoms with Crippen LogP contribution in [0.2, 0.25) is 0 Å². The fourth-order valence-electron chi connectivity index (χ4n) is 1.80. The Morgan fingerprint density at radius 1 is 1.31 bits per heavy atom. The van der Waals surface area contributed by atoms with Gasteiger partial charge < -0.3 is 10.6 Å². The number of nitrogens with two attached hydrogens (primary N) is 1. The second kappa shape index (κ2) is 4.94. The molecular formula is C13H16N2O. The Labute approximate surface area is 95.6 Å². The highest BCUT2D eigenvalue weighted by molar-refractivity contribution is 5.82. The zero-order valence-electron chi connectivity index (χ0n) is 9.17. The minimum atomic E-state index is -0.362. The molecule has 0 aromatic heterocycles. The van der Waals surface area contributed by atoms with E-state index >= 15 is 0 Å². The number of hydrogen-bond donors (Lipinski definition) is 1. The van der Waals surface area contributed by atoms with Crippen molar-refractivity contribution in [3.8, 4) is 0 Å². The van der Waals surface area contributed by atoms with E-state index in [4.69, 9.17) is 5.73 Å². The van der Waals surface area contributed by atoms with Crippen molar-refractivity contribution in [3.63, 3.8) is 0 Å². The lowest BCUT2D eigenvalue weighted by Gasteiger charge is -2.20. The largest absolute Gasteiger partial charge is 0.320 e. The van der Waals surface area contributed by atoms with Crippen LogP contribution in [0.4, 0.5) is 0 Å². The standard InChI is InChI=1S/C13H16N2O/c14-12-8-4-5-9-15(13(12)16)10-11-6-2-1-3-7-11/h1-3,5-7,9,12H,4,8,10,14H2/t12-/m0/s1. The van der Waals surface area contributed by atoms with Crippen molar-refractivity contribution in [1.29, 1.82) is 0 Å². The van der Waals surface area contributed by atoms with Crippen molar-refractivity contribution in [2.45, 2.75) is 25.4 Å². The van der Waals surface area contributed by atoms with E-state index in [2.05, 4.69) is 0 Å². The summed E-state index contributed by atoms with van der Waals surface area (Å²) in [5, 5.41) is 0. The lowest BCUT2D eigenvalue weighted by atomic mass is 10.1. The third-order valence-corrected chi connectivity index (χ3v) is 2.73. The number of rotatable bonds is 2. The lowest BCUT2D eigenvalue weighted by Crippen LogP contribution is -2.39. The molecule has 0 bridgehead atoms. The van der Waals surface area contributed by atoms with Gasteiger partial charge in [0.15, 0.2) is 0 Å². The normalized spacial score (nSPS) is 20.9. The van der Waals surface area contributed by atoms with E-state index in [1.807, 2.05) is 42.6 Å². The Kier molecular flexibility index (Phi) is 3.37. The second-order valence-electron chi connectivity index (χ2n) is 4.02. The minimum absolute atomic E-state index is 0.0117. The maximum absolute atomic E-state index is 11.9. The first-order chi connectivity index (χ1) is 7.77. The number of carbonyl (C=O) groups excluding carboxylic acids is 1. The van der Waals surface area contributed by atoms with Gasteiger partial charge in [-0.1, -0.05) is 36.4 Å². The maximum atomic E-state index is 11.9. The van der Waals surface area contributed by atoms with Crippen molar-refractivity contribution in [2.75, 3.05) is 0 Å². The van der Waals surface area contributed by atoms with E-state index in [-0.39, 0.29) is 11.9 Å². The predicted molar refractivity (Wildman–Crippen MR) is 63.3 cm³/mol. The van der Waals surface area contributed by atoms with Crippen LogP contribution in [0.15, 0.2) is 42.6 Å². The first-order valence-electron chi connectivity index (χ1n) is 5.54. The highest BCUT2D eigenvalue weighted by Crippen LogP contribution is 2.12. The molecule has 3 nitrogen and oxygen atoms in total. The van der Waals surface area contributed by atoms with Gasteiger partial charge in [0.2, 0.25) is 5.91 Å². The van der Waals surface area contributed by atoms with Gasteiger partial charge in [-0.3, -0.25) is 4.79 Å². The summed E-state index contributed by atoms with van der Waals surface area (Å²) in [6.07, 6.45) is 5.47. The summed E-state index contributed by atoms with van der Waals surface area (Å²) in [4.78, 5) is 13.6. The van der Waals surface area contributed by atoms with E-state index in [1.165, 1.54) is 0 Å². The summed E-state index contributed by atoms with van der Waals surface area (Å²) in [5.74, 6) is 0.0117. The Morgan fingerprint density at radius 3 is 2.81 bits per heavy atom. The average Bonchev–Trinajstić information content (AvgIpc) is 2.46. The van der Waals surface area contributed by atoms with Crippen molar-refractivity contribution in [3.05, 3.63) is 48.2 Å². The van der Waals surface area contributed by atoms with Crippen LogP contribution in [-0.4, -0.2) is 16.8 Å². The van der Waals surface area contributed by atoms with Crippen molar-refractivity contribution in [1.82, 2.24) is 4.90 Å². The van der Waals surface area contributed by atoms with Crippen molar-refractivity contribution in [2.24, 2.45) is 5.73 Å². The molecule has 3 heteroatoms.